The molecule has 3 aromatic rings. The van der Waals surface area contributed by atoms with Gasteiger partial charge >= 0.3 is 0 Å². The number of carbonyl (C=O) groups is 2. The third kappa shape index (κ3) is 19.8. The van der Waals surface area contributed by atoms with Gasteiger partial charge in [-0.2, -0.15) is 11.8 Å². The average molecular weight is 1090 g/mol. The maximum Gasteiger partial charge on any atom is 0.257 e. The average Bonchev–Trinajstić information content (AvgIpc) is 3.81. The predicted molar refractivity (Wildman–Crippen MR) is 301 cm³/mol. The number of pyridine rings is 1. The first-order valence-corrected chi connectivity index (χ1v) is 27.8. The number of methoxy groups -OCH3 is 2. The molecule has 20 heteroatoms. The summed E-state index contributed by atoms with van der Waals surface area (Å²) in [5.74, 6) is 2.95. The van der Waals surface area contributed by atoms with Crippen molar-refractivity contribution >= 4 is 41.2 Å². The van der Waals surface area contributed by atoms with Crippen molar-refractivity contribution in [3.63, 3.8) is 0 Å². The normalized spacial score (nSPS) is 16.7. The number of benzene rings is 2. The lowest BCUT2D eigenvalue weighted by molar-refractivity contribution is -0.00256. The van der Waals surface area contributed by atoms with Gasteiger partial charge in [0.15, 0.2) is 23.0 Å². The first kappa shape index (κ1) is 60.8. The monoisotopic (exact) mass is 1090 g/mol. The van der Waals surface area contributed by atoms with Crippen molar-refractivity contribution in [1.29, 1.82) is 0 Å². The summed E-state index contributed by atoms with van der Waals surface area (Å²) in [6.07, 6.45) is 9.15. The van der Waals surface area contributed by atoms with E-state index in [-0.39, 0.29) is 42.4 Å². The van der Waals surface area contributed by atoms with Crippen LogP contribution in [0.25, 0.3) is 0 Å². The Morgan fingerprint density at radius 2 is 1.44 bits per heavy atom. The summed E-state index contributed by atoms with van der Waals surface area (Å²) in [6, 6.07) is 10.6. The zero-order valence-electron chi connectivity index (χ0n) is 46.4. The summed E-state index contributed by atoms with van der Waals surface area (Å²) in [4.78, 5) is 41.0. The van der Waals surface area contributed by atoms with Crippen molar-refractivity contribution in [2.24, 2.45) is 4.99 Å². The zero-order valence-corrected chi connectivity index (χ0v) is 47.2. The number of allylic oxidation sites excluding steroid dienone is 2. The highest BCUT2D eigenvalue weighted by molar-refractivity contribution is 8.00. The van der Waals surface area contributed by atoms with Gasteiger partial charge in [0.25, 0.3) is 11.8 Å². The van der Waals surface area contributed by atoms with Crippen LogP contribution >= 0.6 is 11.8 Å². The van der Waals surface area contributed by atoms with E-state index in [9.17, 15) is 9.59 Å². The number of amides is 2. The lowest BCUT2D eigenvalue weighted by Crippen LogP contribution is -2.37. The van der Waals surface area contributed by atoms with Crippen molar-refractivity contribution in [3.05, 3.63) is 82.2 Å². The van der Waals surface area contributed by atoms with Crippen LogP contribution in [0.3, 0.4) is 0 Å². The number of thioether (sulfide) groups is 1. The van der Waals surface area contributed by atoms with Gasteiger partial charge in [-0.05, 0) is 72.6 Å². The minimum Gasteiger partial charge on any atom is -0.493 e. The Labute approximate surface area is 459 Å². The van der Waals surface area contributed by atoms with Crippen molar-refractivity contribution in [3.8, 4) is 28.7 Å². The number of ether oxygens (including phenoxy) is 9. The maximum atomic E-state index is 13.8. The van der Waals surface area contributed by atoms with E-state index in [1.165, 1.54) is 11.1 Å². The first-order valence-electron chi connectivity index (χ1n) is 26.9. The Kier molecular flexibility index (Phi) is 25.6. The van der Waals surface area contributed by atoms with E-state index in [0.29, 0.717) is 155 Å². The van der Waals surface area contributed by atoms with Gasteiger partial charge in [-0.15, -0.1) is 0 Å². The van der Waals surface area contributed by atoms with Crippen LogP contribution in [-0.2, 0) is 32.2 Å². The molecule has 1 fully saturated rings. The number of hydrogen-bond acceptors (Lipinski definition) is 18. The summed E-state index contributed by atoms with van der Waals surface area (Å²) in [5, 5.41) is 18.7. The highest BCUT2D eigenvalue weighted by Crippen LogP contribution is 2.40. The van der Waals surface area contributed by atoms with Gasteiger partial charge in [0.2, 0.25) is 0 Å². The molecule has 77 heavy (non-hydrogen) atoms. The second-order valence-electron chi connectivity index (χ2n) is 19.5. The number of nitrogens with zero attached hydrogens (tertiary/aromatic N) is 4. The third-order valence-electron chi connectivity index (χ3n) is 13.0. The van der Waals surface area contributed by atoms with Gasteiger partial charge in [0, 0.05) is 100 Å². The number of aromatic nitrogens is 1. The number of aliphatic imine (C=N–C) groups is 1. The van der Waals surface area contributed by atoms with Gasteiger partial charge in [-0.3, -0.25) is 19.6 Å². The Bertz CT molecular complexity index is 2440. The van der Waals surface area contributed by atoms with Crippen LogP contribution in [0, 0.1) is 0 Å². The molecule has 3 aliphatic rings. The molecule has 1 saturated heterocycles. The molecule has 0 saturated carbocycles. The van der Waals surface area contributed by atoms with E-state index in [2.05, 4.69) is 53.9 Å². The van der Waals surface area contributed by atoms with Crippen LogP contribution in [0.5, 0.6) is 28.7 Å². The molecule has 3 aliphatic heterocycles. The molecular weight excluding hydrogens is 1010 g/mol. The molecule has 424 valence electrons. The molecule has 1 aromatic heterocycles. The number of fused-ring (bicyclic) bond motifs is 3. The standard InChI is InChI=1S/C57H83N7O12S/c1-8-41-12-10-13-59-49-33-53(51(68-6)31-47(49)55(66)61-35-41)75-38-43-29-46(30-44(62-43)39-76-54-34-50-48(32-52(54)69-7)56(67)64-37-42(9-2)28-45(64)36-60-50)74-20-16-63(5)40-57(3,4)77-27-15-58-14-19-71-22-24-73-26-25-72-23-21-70-18-11-17-65/h8-9,29-34,36,45,58-59,65H,10-28,35,37-40H2,1-7H3,(H,61,66). The van der Waals surface area contributed by atoms with Crippen LogP contribution in [0.15, 0.2) is 64.7 Å². The topological polar surface area (TPSA) is 205 Å². The fourth-order valence-electron chi connectivity index (χ4n) is 8.94. The quantitative estimate of drug-likeness (QED) is 0.0363. The molecule has 2 amide bonds. The van der Waals surface area contributed by atoms with E-state index >= 15 is 0 Å². The number of aliphatic hydroxyl groups excluding tert-OH is 1. The fourth-order valence-corrected chi connectivity index (χ4v) is 10.0. The summed E-state index contributed by atoms with van der Waals surface area (Å²) < 4.78 is 52.9. The van der Waals surface area contributed by atoms with Crippen molar-refractivity contribution < 1.29 is 57.3 Å². The van der Waals surface area contributed by atoms with E-state index in [1.54, 1.807) is 32.4 Å². The third-order valence-corrected chi connectivity index (χ3v) is 14.4. The van der Waals surface area contributed by atoms with E-state index in [4.69, 9.17) is 57.7 Å². The van der Waals surface area contributed by atoms with E-state index in [0.717, 1.165) is 44.6 Å². The smallest absolute Gasteiger partial charge is 0.257 e. The van der Waals surface area contributed by atoms with Gasteiger partial charge in [-0.1, -0.05) is 23.3 Å². The Morgan fingerprint density at radius 3 is 2.10 bits per heavy atom. The molecule has 1 atom stereocenters. The second kappa shape index (κ2) is 32.5. The Hall–Kier alpha value is -5.45. The number of carbonyl (C=O) groups excluding carboxylic acids is 2. The maximum absolute atomic E-state index is 13.8. The van der Waals surface area contributed by atoms with Crippen molar-refractivity contribution in [2.75, 3.05) is 144 Å². The lowest BCUT2D eigenvalue weighted by Gasteiger charge is -2.30. The predicted octanol–water partition coefficient (Wildman–Crippen LogP) is 6.88. The molecule has 4 heterocycles. The van der Waals surface area contributed by atoms with Gasteiger partial charge in [0.05, 0.1) is 100 Å². The summed E-state index contributed by atoms with van der Waals surface area (Å²) in [7, 11) is 5.21. The number of likely N-dealkylation sites (N-methyl/N-ethyl adjacent to an activating group) is 1. The zero-order chi connectivity index (χ0) is 54.8. The van der Waals surface area contributed by atoms with E-state index in [1.807, 2.05) is 54.9 Å². The van der Waals surface area contributed by atoms with Crippen molar-refractivity contribution in [1.82, 2.24) is 25.4 Å². The molecule has 0 bridgehead atoms. The van der Waals surface area contributed by atoms with Gasteiger partial charge in [-0.25, -0.2) is 0 Å². The molecule has 0 aliphatic carbocycles. The number of anilines is 1. The van der Waals surface area contributed by atoms with Crippen molar-refractivity contribution in [2.45, 2.75) is 77.4 Å². The summed E-state index contributed by atoms with van der Waals surface area (Å²) in [5.41, 5.74) is 5.66. The molecule has 19 nitrogen and oxygen atoms in total. The number of nitrogens with one attached hydrogen (secondary N) is 3. The Morgan fingerprint density at radius 1 is 0.792 bits per heavy atom. The number of hydrogen-bond donors (Lipinski definition) is 4. The van der Waals surface area contributed by atoms with Gasteiger partial charge in [0.1, 0.15) is 25.6 Å². The SMILES string of the molecule is CC=C1CCCNc2cc(OCc3cc(OCCN(C)CC(C)(C)SCCNCCOCCOCCOCCOCCCO)cc(COc4cc5c(cc4OC)C(=O)N4CC(=CC)CC4C=N5)n3)c(OC)cc2C(=O)NC1. The van der Waals surface area contributed by atoms with E-state index < -0.39 is 0 Å². The first-order chi connectivity index (χ1) is 37.4. The number of aliphatic hydroxyl groups is 1. The molecule has 1 unspecified atom stereocenters. The molecule has 2 aromatic carbocycles. The highest BCUT2D eigenvalue weighted by Gasteiger charge is 2.35. The minimum absolute atomic E-state index is 0.00154. The summed E-state index contributed by atoms with van der Waals surface area (Å²) >= 11 is 1.92. The Balaban J connectivity index is 1.03. The van der Waals surface area contributed by atoms with Crippen LogP contribution in [0.1, 0.15) is 85.5 Å². The second-order valence-corrected chi connectivity index (χ2v) is 21.3. The summed E-state index contributed by atoms with van der Waals surface area (Å²) in [6.45, 7) is 18.4. The van der Waals surface area contributed by atoms with Crippen LogP contribution in [-0.4, -0.2) is 188 Å². The molecule has 6 rings (SSSR count). The van der Waals surface area contributed by atoms with Gasteiger partial charge < -0.3 is 73.5 Å². The molecule has 0 spiro atoms. The number of rotatable bonds is 33. The molecular formula is C57H83N7O12S. The van der Waals surface area contributed by atoms with Crippen LogP contribution < -0.4 is 39.6 Å². The molecule has 0 radical (unpaired) electrons. The minimum atomic E-state index is -0.201. The fraction of sp³-hybridized carbons (Fsp3) is 0.579. The van der Waals surface area contributed by atoms with Crippen LogP contribution in [0.4, 0.5) is 11.4 Å². The highest BCUT2D eigenvalue weighted by atomic mass is 32.2. The van der Waals surface area contributed by atoms with Crippen LogP contribution in [0.2, 0.25) is 0 Å². The largest absolute Gasteiger partial charge is 0.493 e. The lowest BCUT2D eigenvalue weighted by atomic mass is 10.1. The molecule has 4 N–H and O–H groups in total.